The quantitative estimate of drug-likeness (QED) is 0.604. The third kappa shape index (κ3) is 5.68. The van der Waals surface area contributed by atoms with E-state index >= 15 is 0 Å². The van der Waals surface area contributed by atoms with Crippen LogP contribution in [0.1, 0.15) is 48.5 Å². The Morgan fingerprint density at radius 3 is 2.45 bits per heavy atom. The molecule has 2 aromatic carbocycles. The Hall–Kier alpha value is -2.58. The van der Waals surface area contributed by atoms with Crippen LogP contribution in [0.3, 0.4) is 0 Å². The molecule has 7 nitrogen and oxygen atoms in total. The molecule has 0 radical (unpaired) electrons. The summed E-state index contributed by atoms with van der Waals surface area (Å²) in [5.74, 6) is -0.568. The van der Waals surface area contributed by atoms with Crippen molar-refractivity contribution >= 4 is 27.4 Å². The van der Waals surface area contributed by atoms with Crippen molar-refractivity contribution in [1.29, 1.82) is 0 Å². The molecule has 1 atom stereocenters. The lowest BCUT2D eigenvalue weighted by molar-refractivity contribution is 0.0697. The van der Waals surface area contributed by atoms with Crippen LogP contribution in [-0.2, 0) is 16.4 Å². The second-order valence-electron chi connectivity index (χ2n) is 9.10. The lowest BCUT2D eigenvalue weighted by Gasteiger charge is -2.37. The number of anilines is 2. The van der Waals surface area contributed by atoms with Gasteiger partial charge in [-0.15, -0.1) is 0 Å². The lowest BCUT2D eigenvalue weighted by Crippen LogP contribution is -2.40. The second-order valence-corrected chi connectivity index (χ2v) is 10.8. The third-order valence-electron chi connectivity index (χ3n) is 6.70. The molecule has 0 amide bonds. The first kappa shape index (κ1) is 23.6. The Morgan fingerprint density at radius 1 is 1.06 bits per heavy atom. The average molecular weight is 472 g/mol. The number of sulfonamides is 1. The number of piperidine rings is 1. The molecule has 2 saturated heterocycles. The number of benzene rings is 2. The van der Waals surface area contributed by atoms with Crippen LogP contribution in [-0.4, -0.2) is 57.1 Å². The van der Waals surface area contributed by atoms with Crippen LogP contribution in [0.2, 0.25) is 0 Å². The summed E-state index contributed by atoms with van der Waals surface area (Å²) < 4.78 is 28.9. The highest BCUT2D eigenvalue weighted by atomic mass is 32.2. The first-order valence-corrected chi connectivity index (χ1v) is 13.3. The minimum atomic E-state index is -3.85. The molecule has 0 aliphatic carbocycles. The van der Waals surface area contributed by atoms with Crippen LogP contribution in [0.5, 0.6) is 0 Å². The maximum Gasteiger partial charge on any atom is 0.335 e. The molecule has 2 fully saturated rings. The Bertz CT molecular complexity index is 1080. The van der Waals surface area contributed by atoms with Gasteiger partial charge in [0, 0.05) is 19.6 Å². The fraction of sp³-hybridized carbons (Fsp3) is 0.480. The van der Waals surface area contributed by atoms with Crippen LogP contribution < -0.4 is 9.62 Å². The van der Waals surface area contributed by atoms with Crippen LogP contribution in [0.4, 0.5) is 11.4 Å². The molecular formula is C25H33N3O4S. The molecule has 0 saturated carbocycles. The molecule has 4 rings (SSSR count). The predicted molar refractivity (Wildman–Crippen MR) is 131 cm³/mol. The van der Waals surface area contributed by atoms with E-state index in [-0.39, 0.29) is 10.5 Å². The molecule has 0 bridgehead atoms. The van der Waals surface area contributed by atoms with Crippen LogP contribution in [0, 0.1) is 5.92 Å². The van der Waals surface area contributed by atoms with E-state index in [0.29, 0.717) is 11.6 Å². The van der Waals surface area contributed by atoms with Gasteiger partial charge in [-0.1, -0.05) is 19.1 Å². The van der Waals surface area contributed by atoms with Gasteiger partial charge >= 0.3 is 5.97 Å². The Balaban J connectivity index is 1.59. The Morgan fingerprint density at radius 2 is 1.79 bits per heavy atom. The van der Waals surface area contributed by atoms with Crippen LogP contribution in [0.25, 0.3) is 0 Å². The fourth-order valence-electron chi connectivity index (χ4n) is 4.90. The molecule has 2 aliphatic rings. The Labute approximate surface area is 196 Å². The number of aryl methyl sites for hydroxylation is 1. The summed E-state index contributed by atoms with van der Waals surface area (Å²) in [6, 6.07) is 11.5. The summed E-state index contributed by atoms with van der Waals surface area (Å²) in [6.45, 7) is 7.05. The largest absolute Gasteiger partial charge is 0.478 e. The van der Waals surface area contributed by atoms with Crippen LogP contribution in [0.15, 0.2) is 47.4 Å². The standard InChI is InChI=1S/C25H33N3O4S/c1-2-19-7-10-22(11-8-19)33(31,32)26-23-16-21(25(29)30)9-12-24(23)28-15-5-6-20(18-28)17-27-13-3-4-14-27/h7-12,16,20,26H,2-6,13-15,17-18H2,1H3,(H,29,30)/t20-/m1/s1. The van der Waals surface area contributed by atoms with Gasteiger partial charge in [0.15, 0.2) is 0 Å². The van der Waals surface area contributed by atoms with Crippen molar-refractivity contribution in [3.05, 3.63) is 53.6 Å². The van der Waals surface area contributed by atoms with Gasteiger partial charge in [-0.05, 0) is 87.0 Å². The minimum Gasteiger partial charge on any atom is -0.478 e. The lowest BCUT2D eigenvalue weighted by atomic mass is 9.96. The number of likely N-dealkylation sites (tertiary alicyclic amines) is 1. The van der Waals surface area contributed by atoms with Gasteiger partial charge in [-0.3, -0.25) is 4.72 Å². The highest BCUT2D eigenvalue weighted by molar-refractivity contribution is 7.92. The van der Waals surface area contributed by atoms with Gasteiger partial charge in [0.05, 0.1) is 21.8 Å². The van der Waals surface area contributed by atoms with Crippen molar-refractivity contribution in [3.8, 4) is 0 Å². The second kappa shape index (κ2) is 10.1. The van der Waals surface area contributed by atoms with E-state index in [4.69, 9.17) is 0 Å². The van der Waals surface area contributed by atoms with Gasteiger partial charge in [0.25, 0.3) is 10.0 Å². The summed E-state index contributed by atoms with van der Waals surface area (Å²) in [4.78, 5) is 16.5. The number of hydrogen-bond acceptors (Lipinski definition) is 5. The van der Waals surface area contributed by atoms with Crippen molar-refractivity contribution in [2.24, 2.45) is 5.92 Å². The molecule has 0 unspecified atom stereocenters. The van der Waals surface area contributed by atoms with Gasteiger partial charge in [-0.2, -0.15) is 0 Å². The van der Waals surface area contributed by atoms with Gasteiger partial charge < -0.3 is 14.9 Å². The summed E-state index contributed by atoms with van der Waals surface area (Å²) in [5, 5.41) is 9.49. The Kier molecular flexibility index (Phi) is 7.24. The molecule has 2 N–H and O–H groups in total. The molecule has 0 spiro atoms. The van der Waals surface area contributed by atoms with E-state index in [9.17, 15) is 18.3 Å². The van der Waals surface area contributed by atoms with Gasteiger partial charge in [0.2, 0.25) is 0 Å². The van der Waals surface area contributed by atoms with Crippen LogP contribution >= 0.6 is 0 Å². The zero-order valence-corrected chi connectivity index (χ0v) is 20.0. The first-order valence-electron chi connectivity index (χ1n) is 11.8. The average Bonchev–Trinajstić information content (AvgIpc) is 3.32. The number of aromatic carboxylic acids is 1. The molecule has 178 valence electrons. The molecule has 0 aromatic heterocycles. The smallest absolute Gasteiger partial charge is 0.335 e. The number of carbonyl (C=O) groups is 1. The third-order valence-corrected chi connectivity index (χ3v) is 8.09. The number of hydrogen-bond donors (Lipinski definition) is 2. The molecule has 33 heavy (non-hydrogen) atoms. The number of nitrogens with one attached hydrogen (secondary N) is 1. The van der Waals surface area contributed by atoms with E-state index in [2.05, 4.69) is 14.5 Å². The van der Waals surface area contributed by atoms with E-state index in [1.54, 1.807) is 36.4 Å². The molecule has 2 aliphatic heterocycles. The van der Waals surface area contributed by atoms with Gasteiger partial charge in [-0.25, -0.2) is 13.2 Å². The summed E-state index contributed by atoms with van der Waals surface area (Å²) in [6.07, 6.45) is 5.54. The highest BCUT2D eigenvalue weighted by Crippen LogP contribution is 2.33. The van der Waals surface area contributed by atoms with Crippen molar-refractivity contribution in [2.75, 3.05) is 42.3 Å². The normalized spacial score (nSPS) is 19.5. The first-order chi connectivity index (χ1) is 15.9. The van der Waals surface area contributed by atoms with Crippen molar-refractivity contribution in [1.82, 2.24) is 4.90 Å². The monoisotopic (exact) mass is 471 g/mol. The molecule has 8 heteroatoms. The van der Waals surface area contributed by atoms with E-state index in [1.807, 2.05) is 6.92 Å². The zero-order chi connectivity index (χ0) is 23.4. The molecule has 2 aromatic rings. The van der Waals surface area contributed by atoms with E-state index in [0.717, 1.165) is 63.2 Å². The summed E-state index contributed by atoms with van der Waals surface area (Å²) in [5.41, 5.74) is 2.17. The molecule has 2 heterocycles. The maximum atomic E-state index is 13.1. The number of carboxylic acids is 1. The van der Waals surface area contributed by atoms with E-state index in [1.165, 1.54) is 18.9 Å². The van der Waals surface area contributed by atoms with E-state index < -0.39 is 16.0 Å². The summed E-state index contributed by atoms with van der Waals surface area (Å²) in [7, 11) is -3.85. The predicted octanol–water partition coefficient (Wildman–Crippen LogP) is 4.06. The topological polar surface area (TPSA) is 89.9 Å². The fourth-order valence-corrected chi connectivity index (χ4v) is 5.96. The SMILES string of the molecule is CCc1ccc(S(=O)(=O)Nc2cc(C(=O)O)ccc2N2CCC[C@H](CN3CCCC3)C2)cc1. The summed E-state index contributed by atoms with van der Waals surface area (Å²) >= 11 is 0. The van der Waals surface area contributed by atoms with Crippen molar-refractivity contribution < 1.29 is 18.3 Å². The van der Waals surface area contributed by atoms with Gasteiger partial charge in [0.1, 0.15) is 0 Å². The maximum absolute atomic E-state index is 13.1. The minimum absolute atomic E-state index is 0.0587. The van der Waals surface area contributed by atoms with Crippen molar-refractivity contribution in [2.45, 2.75) is 43.9 Å². The number of nitrogens with zero attached hydrogens (tertiary/aromatic N) is 2. The highest BCUT2D eigenvalue weighted by Gasteiger charge is 2.26. The zero-order valence-electron chi connectivity index (χ0n) is 19.2. The number of rotatable bonds is 8. The number of carboxylic acid groups (broad SMARTS) is 1. The van der Waals surface area contributed by atoms with Crippen molar-refractivity contribution in [3.63, 3.8) is 0 Å². The molecular weight excluding hydrogens is 438 g/mol.